The number of halogens is 2. The lowest BCUT2D eigenvalue weighted by Crippen LogP contribution is -2.38. The van der Waals surface area contributed by atoms with Crippen molar-refractivity contribution in [3.05, 3.63) is 35.4 Å². The third-order valence-corrected chi connectivity index (χ3v) is 3.09. The molecule has 6 heteroatoms. The molecule has 3 N–H and O–H groups in total. The Kier molecular flexibility index (Phi) is 3.02. The first kappa shape index (κ1) is 12.5. The quantitative estimate of drug-likeness (QED) is 0.792. The zero-order valence-corrected chi connectivity index (χ0v) is 9.78. The van der Waals surface area contributed by atoms with E-state index in [0.717, 1.165) is 11.0 Å². The van der Waals surface area contributed by atoms with Gasteiger partial charge in [0.25, 0.3) is 0 Å². The number of hydrogen-bond acceptors (Lipinski definition) is 2. The highest BCUT2D eigenvalue weighted by Gasteiger charge is 2.39. The van der Waals surface area contributed by atoms with E-state index < -0.39 is 23.7 Å². The minimum absolute atomic E-state index is 0.0738. The van der Waals surface area contributed by atoms with Gasteiger partial charge in [-0.15, -0.1) is 0 Å². The second-order valence-corrected chi connectivity index (χ2v) is 4.48. The molecule has 1 saturated heterocycles. The second kappa shape index (κ2) is 4.36. The number of amidine groups is 1. The van der Waals surface area contributed by atoms with E-state index in [0.29, 0.717) is 12.0 Å². The average Bonchev–Trinajstić information content (AvgIpc) is 2.51. The number of rotatable bonds is 1. The van der Waals surface area contributed by atoms with E-state index in [9.17, 15) is 13.6 Å². The lowest BCUT2D eigenvalue weighted by Gasteiger charge is -2.25. The molecule has 0 bridgehead atoms. The van der Waals surface area contributed by atoms with Crippen LogP contribution in [0.15, 0.2) is 18.2 Å². The first-order chi connectivity index (χ1) is 8.40. The minimum atomic E-state index is -0.779. The molecule has 0 radical (unpaired) electrons. The Balaban J connectivity index is 2.46. The van der Waals surface area contributed by atoms with Crippen molar-refractivity contribution in [2.24, 2.45) is 11.7 Å². The maximum absolute atomic E-state index is 13.2. The van der Waals surface area contributed by atoms with Crippen LogP contribution in [0.3, 0.4) is 0 Å². The van der Waals surface area contributed by atoms with Gasteiger partial charge >= 0.3 is 6.03 Å². The summed E-state index contributed by atoms with van der Waals surface area (Å²) >= 11 is 0. The van der Waals surface area contributed by atoms with Gasteiger partial charge in [0.1, 0.15) is 17.5 Å². The van der Waals surface area contributed by atoms with Crippen LogP contribution in [-0.2, 0) is 0 Å². The van der Waals surface area contributed by atoms with Crippen LogP contribution in [0.5, 0.6) is 0 Å². The number of primary amides is 1. The smallest absolute Gasteiger partial charge is 0.320 e. The van der Waals surface area contributed by atoms with Crippen molar-refractivity contribution in [3.8, 4) is 0 Å². The lowest BCUT2D eigenvalue weighted by molar-refractivity contribution is 0.215. The summed E-state index contributed by atoms with van der Waals surface area (Å²) in [5, 5.41) is 7.69. The van der Waals surface area contributed by atoms with Gasteiger partial charge in [-0.3, -0.25) is 10.3 Å². The molecule has 2 amide bonds. The largest absolute Gasteiger partial charge is 0.351 e. The minimum Gasteiger partial charge on any atom is -0.351 e. The summed E-state index contributed by atoms with van der Waals surface area (Å²) in [6.45, 7) is 1.81. The van der Waals surface area contributed by atoms with Crippen LogP contribution in [0, 0.1) is 23.0 Å². The number of carbonyl (C=O) groups excluding carboxylic acids is 1. The molecule has 1 heterocycles. The van der Waals surface area contributed by atoms with Gasteiger partial charge in [-0.1, -0.05) is 6.92 Å². The second-order valence-electron chi connectivity index (χ2n) is 4.48. The first-order valence-electron chi connectivity index (χ1n) is 5.52. The summed E-state index contributed by atoms with van der Waals surface area (Å²) in [6, 6.07) is 1.74. The van der Waals surface area contributed by atoms with Gasteiger partial charge in [0.05, 0.1) is 6.04 Å². The predicted molar refractivity (Wildman–Crippen MR) is 62.0 cm³/mol. The van der Waals surface area contributed by atoms with Crippen LogP contribution in [0.25, 0.3) is 0 Å². The molecular formula is C12H13F2N3O. The molecule has 1 aliphatic heterocycles. The zero-order valence-electron chi connectivity index (χ0n) is 9.78. The summed E-state index contributed by atoms with van der Waals surface area (Å²) < 4.78 is 26.4. The summed E-state index contributed by atoms with van der Waals surface area (Å²) in [6.07, 6.45) is 0.353. The standard InChI is InChI=1S/C12H13F2N3O/c1-6-2-10(15)17(12(16)18)11(6)7-3-8(13)5-9(14)4-7/h3-6,11,15H,2H2,1H3,(H2,16,18). The van der Waals surface area contributed by atoms with Gasteiger partial charge in [0.2, 0.25) is 0 Å². The van der Waals surface area contributed by atoms with Gasteiger partial charge in [0, 0.05) is 12.5 Å². The normalized spacial score (nSPS) is 23.5. The first-order valence-corrected chi connectivity index (χ1v) is 5.52. The Bertz CT molecular complexity index is 498. The predicted octanol–water partition coefficient (Wildman–Crippen LogP) is 2.40. The fraction of sp³-hybridized carbons (Fsp3) is 0.333. The topological polar surface area (TPSA) is 70.2 Å². The number of likely N-dealkylation sites (tertiary alicyclic amines) is 1. The molecule has 2 rings (SSSR count). The number of nitrogens with one attached hydrogen (secondary N) is 1. The number of hydrogen-bond donors (Lipinski definition) is 2. The van der Waals surface area contributed by atoms with Crippen LogP contribution < -0.4 is 5.73 Å². The molecule has 1 aliphatic rings. The van der Waals surface area contributed by atoms with Crippen molar-refractivity contribution in [1.82, 2.24) is 4.90 Å². The summed E-state index contributed by atoms with van der Waals surface area (Å²) in [5.41, 5.74) is 5.53. The van der Waals surface area contributed by atoms with Gasteiger partial charge in [0.15, 0.2) is 0 Å². The number of benzene rings is 1. The molecule has 96 valence electrons. The van der Waals surface area contributed by atoms with E-state index in [-0.39, 0.29) is 11.8 Å². The van der Waals surface area contributed by atoms with Crippen molar-refractivity contribution >= 4 is 11.9 Å². The highest BCUT2D eigenvalue weighted by molar-refractivity contribution is 5.97. The zero-order chi connectivity index (χ0) is 13.4. The summed E-state index contributed by atoms with van der Waals surface area (Å²) in [4.78, 5) is 12.4. The van der Waals surface area contributed by atoms with Crippen LogP contribution in [-0.4, -0.2) is 16.8 Å². The molecule has 2 atom stereocenters. The molecule has 0 aromatic heterocycles. The molecule has 1 fully saturated rings. The maximum atomic E-state index is 13.2. The van der Waals surface area contributed by atoms with Gasteiger partial charge in [-0.2, -0.15) is 0 Å². The van der Waals surface area contributed by atoms with Crippen molar-refractivity contribution in [1.29, 1.82) is 5.41 Å². The Morgan fingerprint density at radius 1 is 1.39 bits per heavy atom. The molecule has 18 heavy (non-hydrogen) atoms. The third-order valence-electron chi connectivity index (χ3n) is 3.09. The molecule has 2 unspecified atom stereocenters. The number of nitrogens with zero attached hydrogens (tertiary/aromatic N) is 1. The average molecular weight is 253 g/mol. The van der Waals surface area contributed by atoms with Crippen molar-refractivity contribution in [3.63, 3.8) is 0 Å². The van der Waals surface area contributed by atoms with Crippen LogP contribution >= 0.6 is 0 Å². The van der Waals surface area contributed by atoms with E-state index in [1.165, 1.54) is 12.1 Å². The summed E-state index contributed by atoms with van der Waals surface area (Å²) in [7, 11) is 0. The molecule has 1 aromatic carbocycles. The summed E-state index contributed by atoms with van der Waals surface area (Å²) in [5.74, 6) is -1.45. The van der Waals surface area contributed by atoms with Crippen LogP contribution in [0.4, 0.5) is 13.6 Å². The van der Waals surface area contributed by atoms with Gasteiger partial charge < -0.3 is 5.73 Å². The molecule has 4 nitrogen and oxygen atoms in total. The van der Waals surface area contributed by atoms with E-state index in [4.69, 9.17) is 11.1 Å². The van der Waals surface area contributed by atoms with Crippen molar-refractivity contribution in [2.75, 3.05) is 0 Å². The Labute approximate surface area is 103 Å². The number of amides is 2. The van der Waals surface area contributed by atoms with Crippen molar-refractivity contribution in [2.45, 2.75) is 19.4 Å². The highest BCUT2D eigenvalue weighted by atomic mass is 19.1. The fourth-order valence-corrected chi connectivity index (χ4v) is 2.43. The van der Waals surface area contributed by atoms with Gasteiger partial charge in [-0.05, 0) is 23.6 Å². The molecule has 0 saturated carbocycles. The SMILES string of the molecule is CC1CC(=N)N(C(N)=O)C1c1cc(F)cc(F)c1. The van der Waals surface area contributed by atoms with Crippen molar-refractivity contribution < 1.29 is 13.6 Å². The molecule has 1 aromatic rings. The van der Waals surface area contributed by atoms with E-state index >= 15 is 0 Å². The van der Waals surface area contributed by atoms with Gasteiger partial charge in [-0.25, -0.2) is 13.6 Å². The van der Waals surface area contributed by atoms with E-state index in [2.05, 4.69) is 0 Å². The number of urea groups is 1. The Morgan fingerprint density at radius 3 is 2.44 bits per heavy atom. The Morgan fingerprint density at radius 2 is 1.94 bits per heavy atom. The van der Waals surface area contributed by atoms with E-state index in [1.807, 2.05) is 6.92 Å². The highest BCUT2D eigenvalue weighted by Crippen LogP contribution is 2.38. The monoisotopic (exact) mass is 253 g/mol. The van der Waals surface area contributed by atoms with Crippen LogP contribution in [0.1, 0.15) is 24.9 Å². The maximum Gasteiger partial charge on any atom is 0.320 e. The van der Waals surface area contributed by atoms with E-state index in [1.54, 1.807) is 0 Å². The fourth-order valence-electron chi connectivity index (χ4n) is 2.43. The Hall–Kier alpha value is -1.98. The van der Waals surface area contributed by atoms with Crippen LogP contribution in [0.2, 0.25) is 0 Å². The third kappa shape index (κ3) is 2.05. The number of carbonyl (C=O) groups is 1. The number of nitrogens with two attached hydrogens (primary N) is 1. The molecule has 0 aliphatic carbocycles. The lowest BCUT2D eigenvalue weighted by atomic mass is 9.95. The molecule has 0 spiro atoms. The molecular weight excluding hydrogens is 240 g/mol.